The van der Waals surface area contributed by atoms with Crippen LogP contribution in [0.5, 0.6) is 0 Å². The van der Waals surface area contributed by atoms with Crippen LogP contribution in [0.25, 0.3) is 0 Å². The van der Waals surface area contributed by atoms with Gasteiger partial charge in [-0.05, 0) is 43.7 Å². The van der Waals surface area contributed by atoms with Crippen LogP contribution in [0.1, 0.15) is 35.8 Å². The zero-order valence-corrected chi connectivity index (χ0v) is 12.6. The maximum atomic E-state index is 12.4. The first-order valence-corrected chi connectivity index (χ1v) is 7.06. The van der Waals surface area contributed by atoms with Gasteiger partial charge >= 0.3 is 5.97 Å². The molecule has 0 spiro atoms. The number of carbonyl (C=O) groups is 1. The number of aromatic nitrogens is 1. The fraction of sp³-hybridized carbons (Fsp3) is 0.250. The maximum absolute atomic E-state index is 12.4. The van der Waals surface area contributed by atoms with Crippen molar-refractivity contribution in [3.05, 3.63) is 69.1 Å². The van der Waals surface area contributed by atoms with E-state index in [0.717, 1.165) is 5.56 Å². The Kier molecular flexibility index (Phi) is 4.81. The van der Waals surface area contributed by atoms with Gasteiger partial charge in [0.2, 0.25) is 0 Å². The second-order valence-corrected chi connectivity index (χ2v) is 5.02. The molecular weight excluding hydrogens is 290 g/mol. The van der Waals surface area contributed by atoms with E-state index >= 15 is 0 Å². The van der Waals surface area contributed by atoms with Gasteiger partial charge in [-0.15, -0.1) is 0 Å². The second kappa shape index (κ2) is 6.59. The minimum Gasteiger partial charge on any atom is -0.462 e. The Labute approximate surface area is 127 Å². The third-order valence-corrected chi connectivity index (χ3v) is 3.49. The van der Waals surface area contributed by atoms with Gasteiger partial charge in [0.25, 0.3) is 5.56 Å². The van der Waals surface area contributed by atoms with Crippen molar-refractivity contribution >= 4 is 17.6 Å². The topological polar surface area (TPSA) is 48.3 Å². The lowest BCUT2D eigenvalue weighted by Gasteiger charge is -2.16. The van der Waals surface area contributed by atoms with Crippen molar-refractivity contribution in [2.45, 2.75) is 19.9 Å². The van der Waals surface area contributed by atoms with E-state index < -0.39 is 5.97 Å². The average Bonchev–Trinajstić information content (AvgIpc) is 2.48. The van der Waals surface area contributed by atoms with Crippen molar-refractivity contribution < 1.29 is 9.53 Å². The standard InChI is InChI=1S/C16H16ClNO3/c1-3-21-16(20)14-5-4-10-18(15(14)19)11(2)12-6-8-13(17)9-7-12/h4-11H,3H2,1-2H3/t11-/m1/s1. The van der Waals surface area contributed by atoms with E-state index in [0.29, 0.717) is 5.02 Å². The van der Waals surface area contributed by atoms with Crippen LogP contribution >= 0.6 is 11.6 Å². The van der Waals surface area contributed by atoms with Gasteiger partial charge < -0.3 is 9.30 Å². The molecule has 0 aliphatic carbocycles. The van der Waals surface area contributed by atoms with Crippen LogP contribution in [0.15, 0.2) is 47.4 Å². The number of esters is 1. The molecule has 1 aromatic heterocycles. The lowest BCUT2D eigenvalue weighted by Crippen LogP contribution is -2.29. The molecule has 0 saturated heterocycles. The van der Waals surface area contributed by atoms with Crippen LogP contribution in [0.2, 0.25) is 5.02 Å². The molecule has 0 N–H and O–H groups in total. The highest BCUT2D eigenvalue weighted by Gasteiger charge is 2.16. The molecule has 1 atom stereocenters. The van der Waals surface area contributed by atoms with Gasteiger partial charge in [0.15, 0.2) is 0 Å². The SMILES string of the molecule is CCOC(=O)c1cccn([C@H](C)c2ccc(Cl)cc2)c1=O. The normalized spacial score (nSPS) is 12.0. The van der Waals surface area contributed by atoms with Gasteiger partial charge in [0, 0.05) is 11.2 Å². The molecule has 21 heavy (non-hydrogen) atoms. The molecule has 110 valence electrons. The van der Waals surface area contributed by atoms with E-state index in [-0.39, 0.29) is 23.8 Å². The number of hydrogen-bond donors (Lipinski definition) is 0. The molecule has 4 nitrogen and oxygen atoms in total. The third kappa shape index (κ3) is 3.34. The Morgan fingerprint density at radius 2 is 1.95 bits per heavy atom. The summed E-state index contributed by atoms with van der Waals surface area (Å²) in [4.78, 5) is 24.2. The molecule has 0 unspecified atom stereocenters. The first-order chi connectivity index (χ1) is 10.0. The third-order valence-electron chi connectivity index (χ3n) is 3.24. The summed E-state index contributed by atoms with van der Waals surface area (Å²) in [6.07, 6.45) is 1.66. The summed E-state index contributed by atoms with van der Waals surface area (Å²) in [6, 6.07) is 10.2. The number of nitrogens with zero attached hydrogens (tertiary/aromatic N) is 1. The van der Waals surface area contributed by atoms with Crippen LogP contribution in [-0.2, 0) is 4.74 Å². The average molecular weight is 306 g/mol. The van der Waals surface area contributed by atoms with Crippen LogP contribution in [0, 0.1) is 0 Å². The smallest absolute Gasteiger partial charge is 0.343 e. The van der Waals surface area contributed by atoms with Crippen molar-refractivity contribution in [3.63, 3.8) is 0 Å². The molecular formula is C16H16ClNO3. The monoisotopic (exact) mass is 305 g/mol. The summed E-state index contributed by atoms with van der Waals surface area (Å²) in [5, 5.41) is 0.638. The number of carbonyl (C=O) groups excluding carboxylic acids is 1. The van der Waals surface area contributed by atoms with E-state index in [9.17, 15) is 9.59 Å². The highest BCUT2D eigenvalue weighted by Crippen LogP contribution is 2.18. The van der Waals surface area contributed by atoms with E-state index in [4.69, 9.17) is 16.3 Å². The highest BCUT2D eigenvalue weighted by molar-refractivity contribution is 6.30. The van der Waals surface area contributed by atoms with E-state index in [1.54, 1.807) is 31.3 Å². The lowest BCUT2D eigenvalue weighted by molar-refractivity contribution is 0.0523. The Hall–Kier alpha value is -2.07. The van der Waals surface area contributed by atoms with Crippen molar-refractivity contribution in [3.8, 4) is 0 Å². The molecule has 1 heterocycles. The molecule has 0 aliphatic heterocycles. The van der Waals surface area contributed by atoms with Gasteiger partial charge in [-0.25, -0.2) is 4.79 Å². The Morgan fingerprint density at radius 1 is 1.29 bits per heavy atom. The predicted octanol–water partition coefficient (Wildman–Crippen LogP) is 3.29. The minimum atomic E-state index is -0.597. The van der Waals surface area contributed by atoms with Crippen molar-refractivity contribution in [1.29, 1.82) is 0 Å². The summed E-state index contributed by atoms with van der Waals surface area (Å²) in [7, 11) is 0. The molecule has 0 aliphatic rings. The maximum Gasteiger partial charge on any atom is 0.343 e. The number of ether oxygens (including phenoxy) is 1. The van der Waals surface area contributed by atoms with Gasteiger partial charge in [-0.3, -0.25) is 4.79 Å². The molecule has 1 aromatic carbocycles. The van der Waals surface area contributed by atoms with E-state index in [1.165, 1.54) is 10.6 Å². The first-order valence-electron chi connectivity index (χ1n) is 6.68. The zero-order chi connectivity index (χ0) is 15.4. The Morgan fingerprint density at radius 3 is 2.57 bits per heavy atom. The van der Waals surface area contributed by atoms with Crippen molar-refractivity contribution in [2.75, 3.05) is 6.61 Å². The van der Waals surface area contributed by atoms with Crippen LogP contribution in [-0.4, -0.2) is 17.1 Å². The van der Waals surface area contributed by atoms with Gasteiger partial charge in [-0.1, -0.05) is 23.7 Å². The number of hydrogen-bond acceptors (Lipinski definition) is 3. The summed E-state index contributed by atoms with van der Waals surface area (Å²) >= 11 is 5.87. The van der Waals surface area contributed by atoms with Crippen molar-refractivity contribution in [1.82, 2.24) is 4.57 Å². The molecule has 0 saturated carbocycles. The molecule has 2 aromatic rings. The number of halogens is 1. The number of benzene rings is 1. The number of rotatable bonds is 4. The lowest BCUT2D eigenvalue weighted by atomic mass is 10.1. The summed E-state index contributed by atoms with van der Waals surface area (Å²) in [5.41, 5.74) is 0.612. The number of pyridine rings is 1. The van der Waals surface area contributed by atoms with Crippen molar-refractivity contribution in [2.24, 2.45) is 0 Å². The largest absolute Gasteiger partial charge is 0.462 e. The zero-order valence-electron chi connectivity index (χ0n) is 11.9. The van der Waals surface area contributed by atoms with Crippen LogP contribution in [0.4, 0.5) is 0 Å². The molecule has 0 fully saturated rings. The van der Waals surface area contributed by atoms with Crippen LogP contribution < -0.4 is 5.56 Å². The summed E-state index contributed by atoms with van der Waals surface area (Å²) in [5.74, 6) is -0.597. The fourth-order valence-electron chi connectivity index (χ4n) is 2.08. The molecule has 0 amide bonds. The molecule has 0 bridgehead atoms. The predicted molar refractivity (Wildman–Crippen MR) is 81.9 cm³/mol. The van der Waals surface area contributed by atoms with E-state index in [2.05, 4.69) is 0 Å². The molecule has 5 heteroatoms. The van der Waals surface area contributed by atoms with Gasteiger partial charge in [0.05, 0.1) is 12.6 Å². The highest BCUT2D eigenvalue weighted by atomic mass is 35.5. The van der Waals surface area contributed by atoms with E-state index in [1.807, 2.05) is 19.1 Å². The quantitative estimate of drug-likeness (QED) is 0.814. The van der Waals surface area contributed by atoms with Gasteiger partial charge in [0.1, 0.15) is 5.56 Å². The molecule has 2 rings (SSSR count). The first kappa shape index (κ1) is 15.3. The fourth-order valence-corrected chi connectivity index (χ4v) is 2.21. The van der Waals surface area contributed by atoms with Gasteiger partial charge in [-0.2, -0.15) is 0 Å². The minimum absolute atomic E-state index is 0.0418. The second-order valence-electron chi connectivity index (χ2n) is 4.58. The summed E-state index contributed by atoms with van der Waals surface area (Å²) < 4.78 is 6.40. The Balaban J connectivity index is 2.40. The Bertz CT molecular complexity index is 691. The summed E-state index contributed by atoms with van der Waals surface area (Å²) in [6.45, 7) is 3.83. The molecule has 0 radical (unpaired) electrons. The van der Waals surface area contributed by atoms with Crippen LogP contribution in [0.3, 0.4) is 0 Å².